The highest BCUT2D eigenvalue weighted by Crippen LogP contribution is 2.39. The van der Waals surface area contributed by atoms with Crippen LogP contribution in [0.25, 0.3) is 5.52 Å². The van der Waals surface area contributed by atoms with Gasteiger partial charge in [-0.1, -0.05) is 0 Å². The summed E-state index contributed by atoms with van der Waals surface area (Å²) in [5, 5.41) is 0. The van der Waals surface area contributed by atoms with Crippen LogP contribution < -0.4 is 5.73 Å². The molecule has 128 valence electrons. The highest BCUT2D eigenvalue weighted by atomic mass is 79.9. The summed E-state index contributed by atoms with van der Waals surface area (Å²) in [6.07, 6.45) is 6.59. The minimum atomic E-state index is -0.397. The lowest BCUT2D eigenvalue weighted by atomic mass is 9.84. The first-order valence-corrected chi connectivity index (χ1v) is 8.93. The second-order valence-corrected chi connectivity index (χ2v) is 7.66. The van der Waals surface area contributed by atoms with E-state index in [2.05, 4.69) is 25.8 Å². The Morgan fingerprint density at radius 1 is 1.54 bits per heavy atom. The smallest absolute Gasteiger partial charge is 0.150 e. The Morgan fingerprint density at radius 3 is 3.08 bits per heavy atom. The molecule has 8 heteroatoms. The van der Waals surface area contributed by atoms with Crippen LogP contribution in [-0.2, 0) is 9.53 Å². The monoisotopic (exact) mass is 393 g/mol. The number of halogens is 1. The Hall–Kier alpha value is -1.51. The summed E-state index contributed by atoms with van der Waals surface area (Å²) in [6, 6.07) is 0. The van der Waals surface area contributed by atoms with E-state index in [4.69, 9.17) is 15.5 Å². The van der Waals surface area contributed by atoms with Gasteiger partial charge >= 0.3 is 0 Å². The maximum atomic E-state index is 11.4. The summed E-state index contributed by atoms with van der Waals surface area (Å²) >= 11 is 3.50. The zero-order chi connectivity index (χ0) is 16.9. The second kappa shape index (κ2) is 5.79. The molecule has 2 fully saturated rings. The van der Waals surface area contributed by atoms with Gasteiger partial charge in [-0.2, -0.15) is 0 Å². The molecule has 0 bridgehead atoms. The minimum Gasteiger partial charge on any atom is -0.382 e. The molecule has 0 radical (unpaired) electrons. The van der Waals surface area contributed by atoms with Crippen molar-refractivity contribution in [3.05, 3.63) is 22.8 Å². The van der Waals surface area contributed by atoms with Gasteiger partial charge in [-0.3, -0.25) is 9.30 Å². The molecule has 0 spiro atoms. The summed E-state index contributed by atoms with van der Waals surface area (Å²) in [4.78, 5) is 22.5. The van der Waals surface area contributed by atoms with E-state index in [1.54, 1.807) is 6.20 Å². The Morgan fingerprint density at radius 2 is 2.38 bits per heavy atom. The number of rotatable bonds is 3. The quantitative estimate of drug-likeness (QED) is 0.800. The number of aldehydes is 1. The molecular weight excluding hydrogens is 374 g/mol. The lowest BCUT2D eigenvalue weighted by molar-refractivity contribution is -0.236. The molecule has 7 nitrogen and oxygen atoms in total. The standard InChI is InChI=1S/C16H20BrN5O2/c1-16(8-23)9-24-15(16)21-5-2-3-10(7-21)14-20-12(17)11-13(18)19-4-6-22(11)14/h4,6,8,10,15H,2-3,5,7,9H2,1H3,(H2,18,19)/t10?,15-,16?/m1/s1. The predicted molar refractivity (Wildman–Crippen MR) is 92.6 cm³/mol. The van der Waals surface area contributed by atoms with Gasteiger partial charge in [0, 0.05) is 31.4 Å². The fraction of sp³-hybridized carbons (Fsp3) is 0.562. The highest BCUT2D eigenvalue weighted by Gasteiger charge is 2.49. The van der Waals surface area contributed by atoms with Crippen molar-refractivity contribution in [3.8, 4) is 0 Å². The molecule has 0 aliphatic carbocycles. The molecule has 2 unspecified atom stereocenters. The first-order chi connectivity index (χ1) is 11.5. The number of likely N-dealkylation sites (tertiary alicyclic amines) is 1. The summed E-state index contributed by atoms with van der Waals surface area (Å²) in [5.74, 6) is 1.70. The van der Waals surface area contributed by atoms with Crippen LogP contribution in [0.1, 0.15) is 31.5 Å². The maximum absolute atomic E-state index is 11.4. The van der Waals surface area contributed by atoms with E-state index < -0.39 is 5.41 Å². The number of hydrogen-bond acceptors (Lipinski definition) is 6. The molecule has 2 aromatic heterocycles. The first-order valence-electron chi connectivity index (χ1n) is 8.13. The highest BCUT2D eigenvalue weighted by molar-refractivity contribution is 9.10. The van der Waals surface area contributed by atoms with Gasteiger partial charge in [0.1, 0.15) is 28.5 Å². The fourth-order valence-electron chi connectivity index (χ4n) is 3.80. The molecule has 2 aromatic rings. The number of ether oxygens (including phenoxy) is 1. The van der Waals surface area contributed by atoms with Gasteiger partial charge in [0.05, 0.1) is 12.0 Å². The summed E-state index contributed by atoms with van der Waals surface area (Å²) in [7, 11) is 0. The second-order valence-electron chi connectivity index (χ2n) is 6.91. The number of fused-ring (bicyclic) bond motifs is 1. The van der Waals surface area contributed by atoms with Gasteiger partial charge in [-0.25, -0.2) is 9.97 Å². The van der Waals surface area contributed by atoms with E-state index in [0.717, 1.165) is 48.2 Å². The largest absolute Gasteiger partial charge is 0.382 e. The van der Waals surface area contributed by atoms with Gasteiger partial charge in [0.25, 0.3) is 0 Å². The number of nitrogen functional groups attached to an aromatic ring is 1. The van der Waals surface area contributed by atoms with Gasteiger partial charge in [-0.15, -0.1) is 0 Å². The number of carbonyl (C=O) groups is 1. The zero-order valence-corrected chi connectivity index (χ0v) is 15.1. The van der Waals surface area contributed by atoms with Gasteiger partial charge in [0.15, 0.2) is 5.82 Å². The van der Waals surface area contributed by atoms with Crippen LogP contribution >= 0.6 is 15.9 Å². The Labute approximate surface area is 148 Å². The molecule has 2 N–H and O–H groups in total. The average molecular weight is 394 g/mol. The number of nitrogens with zero attached hydrogens (tertiary/aromatic N) is 4. The number of hydrogen-bond donors (Lipinski definition) is 1. The number of nitrogens with two attached hydrogens (primary N) is 1. The fourth-order valence-corrected chi connectivity index (χ4v) is 4.37. The Bertz CT molecular complexity index is 794. The molecule has 4 heterocycles. The first kappa shape index (κ1) is 16.0. The van der Waals surface area contributed by atoms with E-state index in [0.29, 0.717) is 12.4 Å². The van der Waals surface area contributed by atoms with Crippen molar-refractivity contribution in [1.29, 1.82) is 0 Å². The molecule has 3 atom stereocenters. The number of imidazole rings is 1. The van der Waals surface area contributed by atoms with E-state index in [9.17, 15) is 4.79 Å². The third-order valence-electron chi connectivity index (χ3n) is 5.10. The molecule has 2 saturated heterocycles. The normalized spacial score (nSPS) is 31.1. The topological polar surface area (TPSA) is 85.8 Å². The van der Waals surface area contributed by atoms with Crippen LogP contribution in [0, 0.1) is 5.41 Å². The van der Waals surface area contributed by atoms with E-state index in [1.807, 2.05) is 17.5 Å². The lowest BCUT2D eigenvalue weighted by Gasteiger charge is -2.50. The molecule has 24 heavy (non-hydrogen) atoms. The van der Waals surface area contributed by atoms with Gasteiger partial charge in [0.2, 0.25) is 0 Å². The minimum absolute atomic E-state index is 0.126. The Kier molecular flexibility index (Phi) is 3.85. The number of aromatic nitrogens is 3. The lowest BCUT2D eigenvalue weighted by Crippen LogP contribution is -2.61. The number of anilines is 1. The van der Waals surface area contributed by atoms with E-state index in [-0.39, 0.29) is 12.1 Å². The van der Waals surface area contributed by atoms with Crippen molar-refractivity contribution in [1.82, 2.24) is 19.3 Å². The van der Waals surface area contributed by atoms with Crippen molar-refractivity contribution < 1.29 is 9.53 Å². The van der Waals surface area contributed by atoms with Gasteiger partial charge < -0.3 is 15.3 Å². The molecule has 2 aliphatic heterocycles. The summed E-state index contributed by atoms with van der Waals surface area (Å²) < 4.78 is 8.44. The van der Waals surface area contributed by atoms with Crippen LogP contribution in [-0.4, -0.2) is 51.5 Å². The molecular formula is C16H20BrN5O2. The van der Waals surface area contributed by atoms with Crippen LogP contribution in [0.15, 0.2) is 17.0 Å². The SMILES string of the molecule is CC1(C=O)CO[C@H]1N1CCCC(c2nc(Br)c3c(N)nccn23)C1. The van der Waals surface area contributed by atoms with Crippen molar-refractivity contribution in [2.75, 3.05) is 25.4 Å². The zero-order valence-electron chi connectivity index (χ0n) is 13.5. The van der Waals surface area contributed by atoms with Gasteiger partial charge in [-0.05, 0) is 35.7 Å². The predicted octanol–water partition coefficient (Wildman–Crippen LogP) is 1.81. The molecule has 4 rings (SSSR count). The third-order valence-corrected chi connectivity index (χ3v) is 5.66. The van der Waals surface area contributed by atoms with Crippen molar-refractivity contribution >= 4 is 33.6 Å². The Balaban J connectivity index is 1.63. The molecule has 0 amide bonds. The van der Waals surface area contributed by atoms with Crippen LogP contribution in [0.4, 0.5) is 5.82 Å². The van der Waals surface area contributed by atoms with Crippen LogP contribution in [0.5, 0.6) is 0 Å². The van der Waals surface area contributed by atoms with E-state index >= 15 is 0 Å². The van der Waals surface area contributed by atoms with E-state index in [1.165, 1.54) is 0 Å². The molecule has 2 aliphatic rings. The summed E-state index contributed by atoms with van der Waals surface area (Å²) in [5.41, 5.74) is 6.40. The molecule has 0 aromatic carbocycles. The van der Waals surface area contributed by atoms with Crippen molar-refractivity contribution in [2.45, 2.75) is 31.9 Å². The van der Waals surface area contributed by atoms with Crippen LogP contribution in [0.3, 0.4) is 0 Å². The number of carbonyl (C=O) groups excluding carboxylic acids is 1. The third kappa shape index (κ3) is 2.35. The summed E-state index contributed by atoms with van der Waals surface area (Å²) in [6.45, 7) is 4.23. The van der Waals surface area contributed by atoms with Crippen LogP contribution in [0.2, 0.25) is 0 Å². The number of piperidine rings is 1. The van der Waals surface area contributed by atoms with Crippen molar-refractivity contribution in [2.24, 2.45) is 5.41 Å². The maximum Gasteiger partial charge on any atom is 0.150 e. The van der Waals surface area contributed by atoms with Crippen molar-refractivity contribution in [3.63, 3.8) is 0 Å². The average Bonchev–Trinajstić information content (AvgIpc) is 2.92. The molecule has 0 saturated carbocycles.